The van der Waals surface area contributed by atoms with E-state index in [1.54, 1.807) is 24.3 Å². The molecule has 2 aromatic carbocycles. The number of ether oxygens (including phenoxy) is 1. The standard InChI is InChI=1S/C21H26N2O5S/c1-14(19(22)24)28-20(25)16-7-5-15(6-8-16)13-23-29(26,27)18-11-9-17(10-12-18)21(2,3)4/h5-12,14,23H,13H2,1-4H3,(H2,22,24)/t14-/m1/s1. The second-order valence-corrected chi connectivity index (χ2v) is 9.51. The highest BCUT2D eigenvalue weighted by Crippen LogP contribution is 2.23. The van der Waals surface area contributed by atoms with Gasteiger partial charge < -0.3 is 10.5 Å². The van der Waals surface area contributed by atoms with Crippen LogP contribution in [0.15, 0.2) is 53.4 Å². The fraction of sp³-hybridized carbons (Fsp3) is 0.333. The molecule has 8 heteroatoms. The summed E-state index contributed by atoms with van der Waals surface area (Å²) in [6, 6.07) is 13.0. The van der Waals surface area contributed by atoms with Crippen LogP contribution < -0.4 is 10.5 Å². The van der Waals surface area contributed by atoms with Gasteiger partial charge in [-0.2, -0.15) is 0 Å². The summed E-state index contributed by atoms with van der Waals surface area (Å²) in [5.74, 6) is -1.41. The molecule has 0 aromatic heterocycles. The van der Waals surface area contributed by atoms with Crippen molar-refractivity contribution in [1.29, 1.82) is 0 Å². The average Bonchev–Trinajstić information content (AvgIpc) is 2.66. The van der Waals surface area contributed by atoms with E-state index in [-0.39, 0.29) is 22.4 Å². The Bertz CT molecular complexity index is 975. The Kier molecular flexibility index (Phi) is 6.81. The lowest BCUT2D eigenvalue weighted by atomic mass is 9.87. The first kappa shape index (κ1) is 22.6. The van der Waals surface area contributed by atoms with Crippen LogP contribution in [0.3, 0.4) is 0 Å². The minimum Gasteiger partial charge on any atom is -0.449 e. The Hall–Kier alpha value is -2.71. The van der Waals surface area contributed by atoms with Crippen LogP contribution in [0.5, 0.6) is 0 Å². The van der Waals surface area contributed by atoms with E-state index >= 15 is 0 Å². The first-order chi connectivity index (χ1) is 13.4. The number of amides is 1. The molecule has 0 saturated heterocycles. The van der Waals surface area contributed by atoms with Crippen LogP contribution in [0, 0.1) is 0 Å². The maximum atomic E-state index is 12.5. The summed E-state index contributed by atoms with van der Waals surface area (Å²) in [6.07, 6.45) is -1.03. The van der Waals surface area contributed by atoms with Gasteiger partial charge in [-0.05, 0) is 47.7 Å². The summed E-state index contributed by atoms with van der Waals surface area (Å²) in [5, 5.41) is 0. The van der Waals surface area contributed by atoms with Gasteiger partial charge in [0, 0.05) is 6.54 Å². The monoisotopic (exact) mass is 418 g/mol. The summed E-state index contributed by atoms with van der Waals surface area (Å²) < 4.78 is 32.5. The van der Waals surface area contributed by atoms with Gasteiger partial charge in [-0.15, -0.1) is 0 Å². The summed E-state index contributed by atoms with van der Waals surface area (Å²) in [6.45, 7) is 7.63. The van der Waals surface area contributed by atoms with Crippen LogP contribution >= 0.6 is 0 Å². The number of benzene rings is 2. The predicted molar refractivity (Wildman–Crippen MR) is 110 cm³/mol. The van der Waals surface area contributed by atoms with Crippen LogP contribution in [0.4, 0.5) is 0 Å². The van der Waals surface area contributed by atoms with E-state index in [1.807, 2.05) is 12.1 Å². The molecular formula is C21H26N2O5S. The van der Waals surface area contributed by atoms with Gasteiger partial charge in [0.2, 0.25) is 10.0 Å². The molecule has 0 aliphatic carbocycles. The molecule has 0 fully saturated rings. The van der Waals surface area contributed by atoms with Crippen molar-refractivity contribution < 1.29 is 22.7 Å². The van der Waals surface area contributed by atoms with Gasteiger partial charge in [0.25, 0.3) is 5.91 Å². The van der Waals surface area contributed by atoms with E-state index < -0.39 is 28.0 Å². The van der Waals surface area contributed by atoms with E-state index in [9.17, 15) is 18.0 Å². The summed E-state index contributed by atoms with van der Waals surface area (Å²) in [5.41, 5.74) is 6.95. The molecule has 1 atom stereocenters. The highest BCUT2D eigenvalue weighted by atomic mass is 32.2. The van der Waals surface area contributed by atoms with Crippen molar-refractivity contribution in [3.63, 3.8) is 0 Å². The van der Waals surface area contributed by atoms with E-state index in [4.69, 9.17) is 10.5 Å². The van der Waals surface area contributed by atoms with Gasteiger partial charge in [-0.25, -0.2) is 17.9 Å². The molecule has 2 rings (SSSR count). The first-order valence-corrected chi connectivity index (χ1v) is 10.6. The van der Waals surface area contributed by atoms with Crippen LogP contribution in [-0.2, 0) is 31.5 Å². The third kappa shape index (κ3) is 6.13. The number of carbonyl (C=O) groups is 2. The Morgan fingerprint density at radius 1 is 1.03 bits per heavy atom. The lowest BCUT2D eigenvalue weighted by Gasteiger charge is -2.19. The molecule has 29 heavy (non-hydrogen) atoms. The molecule has 3 N–H and O–H groups in total. The highest BCUT2D eigenvalue weighted by molar-refractivity contribution is 7.89. The number of nitrogens with two attached hydrogens (primary N) is 1. The summed E-state index contributed by atoms with van der Waals surface area (Å²) in [7, 11) is -3.67. The van der Waals surface area contributed by atoms with Crippen molar-refractivity contribution in [2.75, 3.05) is 0 Å². The number of rotatable bonds is 7. The summed E-state index contributed by atoms with van der Waals surface area (Å²) >= 11 is 0. The number of sulfonamides is 1. The average molecular weight is 419 g/mol. The quantitative estimate of drug-likeness (QED) is 0.670. The van der Waals surface area contributed by atoms with E-state index in [0.29, 0.717) is 5.56 Å². The van der Waals surface area contributed by atoms with E-state index in [0.717, 1.165) is 5.56 Å². The molecule has 156 valence electrons. The zero-order valence-corrected chi connectivity index (χ0v) is 17.7. The van der Waals surface area contributed by atoms with Gasteiger partial charge in [0.15, 0.2) is 6.10 Å². The van der Waals surface area contributed by atoms with Gasteiger partial charge in [0.05, 0.1) is 10.5 Å². The Morgan fingerprint density at radius 3 is 2.07 bits per heavy atom. The number of hydrogen-bond acceptors (Lipinski definition) is 5. The van der Waals surface area contributed by atoms with Crippen molar-refractivity contribution >= 4 is 21.9 Å². The fourth-order valence-electron chi connectivity index (χ4n) is 2.44. The molecule has 0 saturated carbocycles. The van der Waals surface area contributed by atoms with Gasteiger partial charge in [-0.1, -0.05) is 45.0 Å². The zero-order valence-electron chi connectivity index (χ0n) is 16.9. The molecule has 1 amide bonds. The number of hydrogen-bond donors (Lipinski definition) is 2. The smallest absolute Gasteiger partial charge is 0.338 e. The number of carbonyl (C=O) groups excluding carboxylic acids is 2. The summed E-state index contributed by atoms with van der Waals surface area (Å²) in [4.78, 5) is 23.1. The molecular weight excluding hydrogens is 392 g/mol. The molecule has 0 radical (unpaired) electrons. The lowest BCUT2D eigenvalue weighted by molar-refractivity contribution is -0.125. The molecule has 0 unspecified atom stereocenters. The first-order valence-electron chi connectivity index (χ1n) is 9.09. The van der Waals surface area contributed by atoms with Crippen molar-refractivity contribution in [1.82, 2.24) is 4.72 Å². The second kappa shape index (κ2) is 8.75. The van der Waals surface area contributed by atoms with Crippen molar-refractivity contribution in [2.45, 2.75) is 50.7 Å². The molecule has 0 aliphatic heterocycles. The van der Waals surface area contributed by atoms with Crippen LogP contribution in [0.2, 0.25) is 0 Å². The normalized spacial score (nSPS) is 13.0. The third-order valence-electron chi connectivity index (χ3n) is 4.37. The van der Waals surface area contributed by atoms with E-state index in [2.05, 4.69) is 25.5 Å². The topological polar surface area (TPSA) is 116 Å². The number of esters is 1. The second-order valence-electron chi connectivity index (χ2n) is 7.75. The Morgan fingerprint density at radius 2 is 1.59 bits per heavy atom. The molecule has 7 nitrogen and oxygen atoms in total. The van der Waals surface area contributed by atoms with Gasteiger partial charge in [0.1, 0.15) is 0 Å². The molecule has 0 spiro atoms. The number of primary amides is 1. The predicted octanol–water partition coefficient (Wildman–Crippen LogP) is 2.49. The SMILES string of the molecule is C[C@@H](OC(=O)c1ccc(CNS(=O)(=O)c2ccc(C(C)(C)C)cc2)cc1)C(N)=O. The number of nitrogens with one attached hydrogen (secondary N) is 1. The van der Waals surface area contributed by atoms with Crippen molar-refractivity contribution in [3.8, 4) is 0 Å². The fourth-order valence-corrected chi connectivity index (χ4v) is 3.46. The maximum absolute atomic E-state index is 12.5. The Balaban J connectivity index is 2.02. The molecule has 0 aliphatic rings. The van der Waals surface area contributed by atoms with Crippen molar-refractivity contribution in [2.24, 2.45) is 5.73 Å². The van der Waals surface area contributed by atoms with Crippen LogP contribution in [0.1, 0.15) is 49.2 Å². The van der Waals surface area contributed by atoms with E-state index in [1.165, 1.54) is 19.1 Å². The minimum atomic E-state index is -3.67. The van der Waals surface area contributed by atoms with Gasteiger partial charge in [-0.3, -0.25) is 4.79 Å². The largest absolute Gasteiger partial charge is 0.449 e. The lowest BCUT2D eigenvalue weighted by Crippen LogP contribution is -2.30. The Labute approximate surface area is 171 Å². The third-order valence-corrected chi connectivity index (χ3v) is 5.79. The molecule has 0 bridgehead atoms. The highest BCUT2D eigenvalue weighted by Gasteiger charge is 2.18. The van der Waals surface area contributed by atoms with Crippen LogP contribution in [0.25, 0.3) is 0 Å². The molecule has 2 aromatic rings. The van der Waals surface area contributed by atoms with Gasteiger partial charge >= 0.3 is 5.97 Å². The zero-order chi connectivity index (χ0) is 21.8. The maximum Gasteiger partial charge on any atom is 0.338 e. The minimum absolute atomic E-state index is 0.0617. The van der Waals surface area contributed by atoms with Crippen molar-refractivity contribution in [3.05, 3.63) is 65.2 Å². The molecule has 0 heterocycles. The van der Waals surface area contributed by atoms with Crippen LogP contribution in [-0.4, -0.2) is 26.4 Å².